The lowest BCUT2D eigenvalue weighted by atomic mass is 9.85. The first-order valence-corrected chi connectivity index (χ1v) is 12.7. The van der Waals surface area contributed by atoms with Crippen LogP contribution in [0.1, 0.15) is 58.1 Å². The molecule has 1 saturated carbocycles. The van der Waals surface area contributed by atoms with Gasteiger partial charge in [-0.2, -0.15) is 0 Å². The monoisotopic (exact) mass is 490 g/mol. The van der Waals surface area contributed by atoms with Crippen LogP contribution >= 0.6 is 0 Å². The first-order chi connectivity index (χ1) is 17.1. The second-order valence-corrected chi connectivity index (χ2v) is 10.3. The van der Waals surface area contributed by atoms with E-state index in [1.54, 1.807) is 14.0 Å². The second-order valence-electron chi connectivity index (χ2n) is 10.3. The molecule has 2 aromatic carbocycles. The Labute approximate surface area is 214 Å². The molecule has 1 heterocycles. The average molecular weight is 491 g/mol. The average Bonchev–Trinajstić information content (AvgIpc) is 3.66. The Morgan fingerprint density at radius 2 is 1.64 bits per heavy atom. The smallest absolute Gasteiger partial charge is 0.272 e. The van der Waals surface area contributed by atoms with Gasteiger partial charge in [-0.1, -0.05) is 89.1 Å². The first kappa shape index (κ1) is 27.1. The van der Waals surface area contributed by atoms with Gasteiger partial charge in [0.15, 0.2) is 0 Å². The number of primary amides is 1. The molecule has 2 aliphatic rings. The van der Waals surface area contributed by atoms with Gasteiger partial charge >= 0.3 is 0 Å². The molecule has 0 bridgehead atoms. The standard InChI is InChI=1S/C25H30N4O3.C4H8/c1-15(2)14-19(16(3)22(26)30)24(31)28-23-25(32)29(4)20-13-9-8-12-18(20)21(27-23)17-10-6-5-7-11-17;1-4-2-3-4/h5-13,15-16,19,23H,14H2,1-4H3,(H2,26,30)(H,28,31);4H,2-3H2,1H3/t16-,19+,23+;/m0./s1. The van der Waals surface area contributed by atoms with Crippen LogP contribution < -0.4 is 16.0 Å². The number of nitrogens with two attached hydrogens (primary N) is 1. The number of carbonyl (C=O) groups is 3. The second kappa shape index (κ2) is 12.0. The van der Waals surface area contributed by atoms with E-state index >= 15 is 0 Å². The molecule has 36 heavy (non-hydrogen) atoms. The zero-order valence-corrected chi connectivity index (χ0v) is 21.9. The molecular weight excluding hydrogens is 452 g/mol. The summed E-state index contributed by atoms with van der Waals surface area (Å²) in [6, 6.07) is 17.1. The number of aliphatic imine (C=N–C) groups is 1. The van der Waals surface area contributed by atoms with Crippen LogP contribution in [0.2, 0.25) is 0 Å². The topological polar surface area (TPSA) is 105 Å². The summed E-state index contributed by atoms with van der Waals surface area (Å²) in [5.41, 5.74) is 8.46. The summed E-state index contributed by atoms with van der Waals surface area (Å²) in [6.45, 7) is 7.87. The van der Waals surface area contributed by atoms with E-state index in [-0.39, 0.29) is 11.8 Å². The molecule has 3 amide bonds. The Morgan fingerprint density at radius 3 is 2.19 bits per heavy atom. The lowest BCUT2D eigenvalue weighted by Crippen LogP contribution is -2.49. The highest BCUT2D eigenvalue weighted by Crippen LogP contribution is 2.28. The van der Waals surface area contributed by atoms with Gasteiger partial charge < -0.3 is 16.0 Å². The van der Waals surface area contributed by atoms with Crippen molar-refractivity contribution in [2.24, 2.45) is 34.4 Å². The number of para-hydroxylation sites is 1. The van der Waals surface area contributed by atoms with E-state index in [2.05, 4.69) is 12.2 Å². The van der Waals surface area contributed by atoms with Crippen LogP contribution in [0.25, 0.3) is 0 Å². The lowest BCUT2D eigenvalue weighted by molar-refractivity contribution is -0.135. The highest BCUT2D eigenvalue weighted by atomic mass is 16.2. The Kier molecular flexibility index (Phi) is 9.02. The minimum atomic E-state index is -1.12. The Balaban J connectivity index is 0.000000819. The number of benzene rings is 2. The number of amides is 3. The minimum absolute atomic E-state index is 0.174. The number of nitrogens with one attached hydrogen (secondary N) is 1. The SMILES string of the molecule is CC(C)C[C@@H](C(=O)N[C@H]1N=C(c2ccccc2)c2ccccc2N(C)C1=O)[C@H](C)C(N)=O.CC1CC1. The van der Waals surface area contributed by atoms with Gasteiger partial charge in [0.25, 0.3) is 5.91 Å². The van der Waals surface area contributed by atoms with Gasteiger partial charge in [0.1, 0.15) is 0 Å². The van der Waals surface area contributed by atoms with E-state index in [0.29, 0.717) is 17.8 Å². The molecule has 7 heteroatoms. The summed E-state index contributed by atoms with van der Waals surface area (Å²) >= 11 is 0. The summed E-state index contributed by atoms with van der Waals surface area (Å²) < 4.78 is 0. The third-order valence-corrected chi connectivity index (χ3v) is 6.65. The molecule has 1 aliphatic heterocycles. The number of carbonyl (C=O) groups excluding carboxylic acids is 3. The van der Waals surface area contributed by atoms with E-state index in [4.69, 9.17) is 10.7 Å². The molecular formula is C29H38N4O3. The number of fused-ring (bicyclic) bond motifs is 1. The number of rotatable bonds is 7. The van der Waals surface area contributed by atoms with Gasteiger partial charge in [0, 0.05) is 30.0 Å². The van der Waals surface area contributed by atoms with Crippen molar-refractivity contribution in [3.05, 3.63) is 65.7 Å². The molecule has 1 aliphatic carbocycles. The molecule has 0 saturated heterocycles. The van der Waals surface area contributed by atoms with Crippen molar-refractivity contribution in [2.75, 3.05) is 11.9 Å². The summed E-state index contributed by atoms with van der Waals surface area (Å²) in [5.74, 6) is -1.35. The van der Waals surface area contributed by atoms with E-state index in [1.165, 1.54) is 17.7 Å². The molecule has 0 unspecified atom stereocenters. The quantitative estimate of drug-likeness (QED) is 0.609. The van der Waals surface area contributed by atoms with Crippen molar-refractivity contribution in [2.45, 2.75) is 53.1 Å². The number of anilines is 1. The number of benzodiazepines with no additional fused rings is 1. The molecule has 0 spiro atoms. The molecule has 0 radical (unpaired) electrons. The maximum atomic E-state index is 13.3. The van der Waals surface area contributed by atoms with Crippen molar-refractivity contribution in [1.29, 1.82) is 0 Å². The Hall–Kier alpha value is -3.48. The highest BCUT2D eigenvalue weighted by Gasteiger charge is 2.35. The fourth-order valence-electron chi connectivity index (χ4n) is 4.10. The number of hydrogen-bond donors (Lipinski definition) is 2. The highest BCUT2D eigenvalue weighted by molar-refractivity contribution is 6.20. The van der Waals surface area contributed by atoms with Crippen molar-refractivity contribution >= 4 is 29.1 Å². The number of hydrogen-bond acceptors (Lipinski definition) is 4. The van der Waals surface area contributed by atoms with Crippen LogP contribution in [0.5, 0.6) is 0 Å². The van der Waals surface area contributed by atoms with Crippen LogP contribution in [0.15, 0.2) is 59.6 Å². The van der Waals surface area contributed by atoms with Crippen molar-refractivity contribution in [1.82, 2.24) is 5.32 Å². The van der Waals surface area contributed by atoms with E-state index in [0.717, 1.165) is 17.0 Å². The zero-order chi connectivity index (χ0) is 26.4. The van der Waals surface area contributed by atoms with E-state index < -0.39 is 29.8 Å². The predicted molar refractivity (Wildman–Crippen MR) is 144 cm³/mol. The molecule has 7 nitrogen and oxygen atoms in total. The van der Waals surface area contributed by atoms with Gasteiger partial charge in [-0.25, -0.2) is 4.99 Å². The summed E-state index contributed by atoms with van der Waals surface area (Å²) in [6.07, 6.45) is 2.33. The molecule has 2 aromatic rings. The maximum absolute atomic E-state index is 13.3. The van der Waals surface area contributed by atoms with E-state index in [1.807, 2.05) is 68.4 Å². The molecule has 1 fully saturated rings. The zero-order valence-electron chi connectivity index (χ0n) is 21.9. The Morgan fingerprint density at radius 1 is 1.06 bits per heavy atom. The Bertz CT molecular complexity index is 1110. The third-order valence-electron chi connectivity index (χ3n) is 6.65. The van der Waals surface area contributed by atoms with Gasteiger partial charge in [-0.15, -0.1) is 0 Å². The van der Waals surface area contributed by atoms with Crippen molar-refractivity contribution < 1.29 is 14.4 Å². The van der Waals surface area contributed by atoms with Crippen LogP contribution in [-0.2, 0) is 14.4 Å². The third kappa shape index (κ3) is 6.80. The number of likely N-dealkylation sites (N-methyl/N-ethyl adjacent to an activating group) is 1. The van der Waals surface area contributed by atoms with Crippen LogP contribution in [0.3, 0.4) is 0 Å². The van der Waals surface area contributed by atoms with Crippen LogP contribution in [0.4, 0.5) is 5.69 Å². The minimum Gasteiger partial charge on any atom is -0.369 e. The normalized spacial score (nSPS) is 18.7. The lowest BCUT2D eigenvalue weighted by Gasteiger charge is -2.25. The fraction of sp³-hybridized carbons (Fsp3) is 0.448. The van der Waals surface area contributed by atoms with Gasteiger partial charge in [-0.3, -0.25) is 14.4 Å². The van der Waals surface area contributed by atoms with E-state index in [9.17, 15) is 14.4 Å². The molecule has 192 valence electrons. The summed E-state index contributed by atoms with van der Waals surface area (Å²) in [7, 11) is 1.67. The predicted octanol–water partition coefficient (Wildman–Crippen LogP) is 4.14. The van der Waals surface area contributed by atoms with Gasteiger partial charge in [0.05, 0.1) is 11.4 Å². The molecule has 3 N–H and O–H groups in total. The fourth-order valence-corrected chi connectivity index (χ4v) is 4.10. The van der Waals surface area contributed by atoms with Gasteiger partial charge in [0.2, 0.25) is 18.0 Å². The van der Waals surface area contributed by atoms with Crippen molar-refractivity contribution in [3.8, 4) is 0 Å². The largest absolute Gasteiger partial charge is 0.369 e. The van der Waals surface area contributed by atoms with Crippen LogP contribution in [0, 0.1) is 23.7 Å². The number of nitrogens with zero attached hydrogens (tertiary/aromatic N) is 2. The maximum Gasteiger partial charge on any atom is 0.272 e. The summed E-state index contributed by atoms with van der Waals surface area (Å²) in [5, 5.41) is 2.79. The van der Waals surface area contributed by atoms with Crippen LogP contribution in [-0.4, -0.2) is 36.6 Å². The van der Waals surface area contributed by atoms with Crippen molar-refractivity contribution in [3.63, 3.8) is 0 Å². The van der Waals surface area contributed by atoms with Gasteiger partial charge in [-0.05, 0) is 24.3 Å². The molecule has 0 aromatic heterocycles. The molecule has 4 rings (SSSR count). The summed E-state index contributed by atoms with van der Waals surface area (Å²) in [4.78, 5) is 44.5. The first-order valence-electron chi connectivity index (χ1n) is 12.7. The molecule has 3 atom stereocenters.